The van der Waals surface area contributed by atoms with Crippen molar-refractivity contribution in [3.05, 3.63) is 59.7 Å². The second-order valence-corrected chi connectivity index (χ2v) is 9.15. The zero-order valence-corrected chi connectivity index (χ0v) is 16.9. The summed E-state index contributed by atoms with van der Waals surface area (Å²) in [5, 5.41) is 2.79. The van der Waals surface area contributed by atoms with Crippen LogP contribution >= 0.6 is 11.8 Å². The maximum absolute atomic E-state index is 12.2. The van der Waals surface area contributed by atoms with Gasteiger partial charge in [-0.3, -0.25) is 9.10 Å². The molecule has 0 saturated heterocycles. The fraction of sp³-hybridized carbons (Fsp3) is 0.316. The highest BCUT2D eigenvalue weighted by molar-refractivity contribution is 7.99. The fourth-order valence-corrected chi connectivity index (χ4v) is 4.23. The molecule has 2 aromatic rings. The largest absolute Gasteiger partial charge is 0.354 e. The number of nitrogens with one attached hydrogen (secondary N) is 1. The maximum Gasteiger partial charge on any atom is 0.240 e. The van der Waals surface area contributed by atoms with E-state index in [1.165, 1.54) is 0 Å². The van der Waals surface area contributed by atoms with Crippen LogP contribution in [0, 0.1) is 13.8 Å². The van der Waals surface area contributed by atoms with Crippen molar-refractivity contribution >= 4 is 33.4 Å². The third-order valence-corrected chi connectivity index (χ3v) is 5.88. The summed E-state index contributed by atoms with van der Waals surface area (Å²) in [6, 6.07) is 15.4. The van der Waals surface area contributed by atoms with Gasteiger partial charge in [-0.05, 0) is 37.6 Å². The number of thioether (sulfide) groups is 1. The molecule has 0 aliphatic rings. The number of nitrogens with zero attached hydrogens (tertiary/aromatic N) is 1. The van der Waals surface area contributed by atoms with Gasteiger partial charge in [-0.2, -0.15) is 0 Å². The monoisotopic (exact) mass is 392 g/mol. The van der Waals surface area contributed by atoms with Crippen molar-refractivity contribution in [2.24, 2.45) is 0 Å². The van der Waals surface area contributed by atoms with Crippen LogP contribution in [0.4, 0.5) is 5.69 Å². The van der Waals surface area contributed by atoms with E-state index in [0.717, 1.165) is 32.3 Å². The predicted octanol–water partition coefficient (Wildman–Crippen LogP) is 2.98. The van der Waals surface area contributed by atoms with E-state index in [2.05, 4.69) is 5.32 Å². The quantitative estimate of drug-likeness (QED) is 0.554. The minimum absolute atomic E-state index is 0.223. The minimum Gasteiger partial charge on any atom is -0.354 e. The molecule has 0 aromatic heterocycles. The summed E-state index contributed by atoms with van der Waals surface area (Å²) in [6.45, 7) is 4.04. The summed E-state index contributed by atoms with van der Waals surface area (Å²) in [6.07, 6.45) is 1.12. The molecule has 0 fully saturated rings. The molecule has 0 aliphatic heterocycles. The smallest absolute Gasteiger partial charge is 0.240 e. The number of carbonyl (C=O) groups is 1. The second kappa shape index (κ2) is 9.09. The lowest BCUT2D eigenvalue weighted by Gasteiger charge is -2.24. The molecular formula is C19H24N2O3S2. The Labute approximate surface area is 159 Å². The van der Waals surface area contributed by atoms with Gasteiger partial charge in [0.1, 0.15) is 6.54 Å². The van der Waals surface area contributed by atoms with Crippen LogP contribution in [0.3, 0.4) is 0 Å². The number of carbonyl (C=O) groups excluding carboxylic acids is 1. The number of rotatable bonds is 8. The Morgan fingerprint density at radius 3 is 2.42 bits per heavy atom. The van der Waals surface area contributed by atoms with Gasteiger partial charge < -0.3 is 5.32 Å². The van der Waals surface area contributed by atoms with Gasteiger partial charge in [-0.1, -0.05) is 35.9 Å². The Hall–Kier alpha value is -1.99. The van der Waals surface area contributed by atoms with E-state index in [-0.39, 0.29) is 12.5 Å². The molecule has 140 valence electrons. The highest BCUT2D eigenvalue weighted by atomic mass is 32.2. The number of hydrogen-bond acceptors (Lipinski definition) is 4. The molecule has 5 nitrogen and oxygen atoms in total. The topological polar surface area (TPSA) is 66.5 Å². The number of amides is 1. The molecule has 2 rings (SSSR count). The van der Waals surface area contributed by atoms with Crippen molar-refractivity contribution in [2.75, 3.05) is 29.4 Å². The van der Waals surface area contributed by atoms with Gasteiger partial charge in [-0.15, -0.1) is 11.8 Å². The molecule has 1 amide bonds. The summed E-state index contributed by atoms with van der Waals surface area (Å²) >= 11 is 1.64. The van der Waals surface area contributed by atoms with Gasteiger partial charge in [0.2, 0.25) is 15.9 Å². The standard InChI is InChI=1S/C19H24N2O3S2/c1-15-9-10-18(16(2)13-15)21(26(3,23)24)14-19(22)20-11-12-25-17-7-5-4-6-8-17/h4-10,13H,11-12,14H2,1-3H3,(H,20,22). The summed E-state index contributed by atoms with van der Waals surface area (Å²) in [7, 11) is -3.55. The summed E-state index contributed by atoms with van der Waals surface area (Å²) in [5.41, 5.74) is 2.40. The summed E-state index contributed by atoms with van der Waals surface area (Å²) < 4.78 is 25.5. The van der Waals surface area contributed by atoms with Crippen LogP contribution in [0.2, 0.25) is 0 Å². The van der Waals surface area contributed by atoms with Crippen molar-refractivity contribution in [3.63, 3.8) is 0 Å². The normalized spacial score (nSPS) is 11.2. The van der Waals surface area contributed by atoms with Crippen LogP contribution in [0.5, 0.6) is 0 Å². The Balaban J connectivity index is 1.94. The molecule has 0 bridgehead atoms. The molecule has 26 heavy (non-hydrogen) atoms. The van der Waals surface area contributed by atoms with E-state index in [1.807, 2.05) is 56.3 Å². The Morgan fingerprint density at radius 2 is 1.81 bits per heavy atom. The second-order valence-electron chi connectivity index (χ2n) is 6.07. The third-order valence-electron chi connectivity index (χ3n) is 3.74. The molecule has 0 radical (unpaired) electrons. The van der Waals surface area contributed by atoms with Crippen molar-refractivity contribution in [2.45, 2.75) is 18.7 Å². The Bertz CT molecular complexity index is 852. The highest BCUT2D eigenvalue weighted by Gasteiger charge is 2.22. The summed E-state index contributed by atoms with van der Waals surface area (Å²) in [5.74, 6) is 0.405. The highest BCUT2D eigenvalue weighted by Crippen LogP contribution is 2.23. The van der Waals surface area contributed by atoms with Crippen LogP contribution in [0.25, 0.3) is 0 Å². The summed E-state index contributed by atoms with van der Waals surface area (Å²) in [4.78, 5) is 13.4. The van der Waals surface area contributed by atoms with E-state index < -0.39 is 10.0 Å². The van der Waals surface area contributed by atoms with Crippen LogP contribution in [0.15, 0.2) is 53.4 Å². The number of anilines is 1. The zero-order chi connectivity index (χ0) is 19.2. The molecule has 0 heterocycles. The van der Waals surface area contributed by atoms with E-state index in [9.17, 15) is 13.2 Å². The van der Waals surface area contributed by atoms with Crippen LogP contribution in [-0.2, 0) is 14.8 Å². The SMILES string of the molecule is Cc1ccc(N(CC(=O)NCCSc2ccccc2)S(C)(=O)=O)c(C)c1. The molecule has 7 heteroatoms. The molecule has 0 spiro atoms. The molecule has 0 saturated carbocycles. The molecule has 0 atom stereocenters. The first-order valence-corrected chi connectivity index (χ1v) is 11.1. The first-order valence-electron chi connectivity index (χ1n) is 8.27. The number of benzene rings is 2. The first kappa shape index (κ1) is 20.3. The van der Waals surface area contributed by atoms with E-state index in [4.69, 9.17) is 0 Å². The molecule has 1 N–H and O–H groups in total. The number of sulfonamides is 1. The lowest BCUT2D eigenvalue weighted by Crippen LogP contribution is -2.41. The fourth-order valence-electron chi connectivity index (χ4n) is 2.53. The number of hydrogen-bond donors (Lipinski definition) is 1. The van der Waals surface area contributed by atoms with E-state index >= 15 is 0 Å². The van der Waals surface area contributed by atoms with Crippen molar-refractivity contribution in [1.82, 2.24) is 5.32 Å². The third kappa shape index (κ3) is 6.07. The maximum atomic E-state index is 12.2. The molecule has 0 aliphatic carbocycles. The lowest BCUT2D eigenvalue weighted by molar-refractivity contribution is -0.119. The average Bonchev–Trinajstić information content (AvgIpc) is 2.57. The van der Waals surface area contributed by atoms with Gasteiger partial charge >= 0.3 is 0 Å². The Kier molecular flexibility index (Phi) is 7.11. The van der Waals surface area contributed by atoms with Gasteiger partial charge in [0.05, 0.1) is 11.9 Å². The van der Waals surface area contributed by atoms with Crippen molar-refractivity contribution < 1.29 is 13.2 Å². The van der Waals surface area contributed by atoms with Crippen molar-refractivity contribution in [1.29, 1.82) is 0 Å². The van der Waals surface area contributed by atoms with Crippen LogP contribution in [0.1, 0.15) is 11.1 Å². The minimum atomic E-state index is -3.55. The van der Waals surface area contributed by atoms with Crippen molar-refractivity contribution in [3.8, 4) is 0 Å². The average molecular weight is 393 g/mol. The zero-order valence-electron chi connectivity index (χ0n) is 15.2. The van der Waals surface area contributed by atoms with E-state index in [0.29, 0.717) is 12.2 Å². The molecular weight excluding hydrogens is 368 g/mol. The lowest BCUT2D eigenvalue weighted by atomic mass is 10.1. The van der Waals surface area contributed by atoms with Crippen LogP contribution in [-0.4, -0.2) is 39.4 Å². The van der Waals surface area contributed by atoms with Gasteiger partial charge in [0.15, 0.2) is 0 Å². The van der Waals surface area contributed by atoms with Gasteiger partial charge in [0.25, 0.3) is 0 Å². The van der Waals surface area contributed by atoms with Gasteiger partial charge in [-0.25, -0.2) is 8.42 Å². The number of aryl methyl sites for hydroxylation is 2. The van der Waals surface area contributed by atoms with Crippen LogP contribution < -0.4 is 9.62 Å². The first-order chi connectivity index (χ1) is 12.3. The molecule has 2 aromatic carbocycles. The predicted molar refractivity (Wildman–Crippen MR) is 108 cm³/mol. The molecule has 0 unspecified atom stereocenters. The van der Waals surface area contributed by atoms with Gasteiger partial charge in [0, 0.05) is 17.2 Å². The van der Waals surface area contributed by atoms with E-state index in [1.54, 1.807) is 17.8 Å². The Morgan fingerprint density at radius 1 is 1.12 bits per heavy atom.